The fourth-order valence-electron chi connectivity index (χ4n) is 11.6. The lowest BCUT2D eigenvalue weighted by Crippen LogP contribution is -2.28. The predicted molar refractivity (Wildman–Crippen MR) is 274 cm³/mol. The van der Waals surface area contributed by atoms with Gasteiger partial charge in [0.25, 0.3) is 0 Å². The molecule has 1 aromatic heterocycles. The Morgan fingerprint density at radius 3 is 1.61 bits per heavy atom. The molecule has 0 spiro atoms. The van der Waals surface area contributed by atoms with Crippen LogP contribution in [-0.2, 0) is 10.8 Å². The molecule has 0 amide bonds. The number of hydrogen-bond acceptors (Lipinski definition) is 2. The minimum Gasteiger partial charge on any atom is -0.455 e. The van der Waals surface area contributed by atoms with Gasteiger partial charge in [0.2, 0.25) is 0 Å². The van der Waals surface area contributed by atoms with E-state index in [0.717, 1.165) is 50.1 Å². The standard InChI is InChI=1S/C64H45NO/c1-63(2)56-29-14-12-24-51(56)52-38-36-47(40-58(52)63)65(46-34-32-43(33-35-46)50-27-16-28-54-53-25-13-15-31-60(53)66-62(50)54)48-37-39-55-59(41-48)64(44-20-8-4-9-21-44,45-22-10-5-11-23-45)57-30-17-26-49(61(55)57)42-18-6-3-7-19-42/h3-41H,1-2H3. The van der Waals surface area contributed by atoms with Gasteiger partial charge in [-0.3, -0.25) is 0 Å². The summed E-state index contributed by atoms with van der Waals surface area (Å²) in [6.45, 7) is 4.73. The summed E-state index contributed by atoms with van der Waals surface area (Å²) in [6.07, 6.45) is 0. The van der Waals surface area contributed by atoms with Gasteiger partial charge in [-0.05, 0) is 115 Å². The Labute approximate surface area is 385 Å². The number of furan rings is 1. The Balaban J connectivity index is 1.05. The minimum atomic E-state index is -0.587. The molecule has 13 rings (SSSR count). The lowest BCUT2D eigenvalue weighted by atomic mass is 9.67. The van der Waals surface area contributed by atoms with Crippen LogP contribution in [0.4, 0.5) is 17.1 Å². The van der Waals surface area contributed by atoms with Gasteiger partial charge in [0, 0.05) is 38.8 Å². The van der Waals surface area contributed by atoms with Crippen molar-refractivity contribution < 1.29 is 4.42 Å². The number of fused-ring (bicyclic) bond motifs is 9. The van der Waals surface area contributed by atoms with E-state index >= 15 is 0 Å². The normalized spacial score (nSPS) is 13.8. The number of rotatable bonds is 7. The Morgan fingerprint density at radius 2 is 0.864 bits per heavy atom. The molecule has 0 saturated carbocycles. The van der Waals surface area contributed by atoms with Crippen molar-refractivity contribution in [3.8, 4) is 44.5 Å². The summed E-state index contributed by atoms with van der Waals surface area (Å²) in [7, 11) is 0. The maximum atomic E-state index is 6.53. The number of para-hydroxylation sites is 2. The molecule has 2 aliphatic carbocycles. The molecule has 2 heteroatoms. The largest absolute Gasteiger partial charge is 0.455 e. The van der Waals surface area contributed by atoms with Crippen LogP contribution < -0.4 is 4.90 Å². The zero-order valence-corrected chi connectivity index (χ0v) is 36.9. The number of anilines is 3. The van der Waals surface area contributed by atoms with Crippen LogP contribution in [0.3, 0.4) is 0 Å². The Hall–Kier alpha value is -8.20. The first kappa shape index (κ1) is 38.3. The van der Waals surface area contributed by atoms with E-state index in [1.807, 2.05) is 6.07 Å². The van der Waals surface area contributed by atoms with E-state index in [4.69, 9.17) is 4.42 Å². The quantitative estimate of drug-likeness (QED) is 0.159. The van der Waals surface area contributed by atoms with Gasteiger partial charge in [-0.15, -0.1) is 0 Å². The number of hydrogen-bond donors (Lipinski definition) is 0. The third kappa shape index (κ3) is 5.55. The van der Waals surface area contributed by atoms with Crippen molar-refractivity contribution in [2.45, 2.75) is 24.7 Å². The molecule has 0 N–H and O–H groups in total. The summed E-state index contributed by atoms with van der Waals surface area (Å²) < 4.78 is 6.53. The molecule has 2 nitrogen and oxygen atoms in total. The topological polar surface area (TPSA) is 16.4 Å². The van der Waals surface area contributed by atoms with Crippen molar-refractivity contribution in [2.24, 2.45) is 0 Å². The second-order valence-electron chi connectivity index (χ2n) is 18.4. The van der Waals surface area contributed by atoms with Crippen molar-refractivity contribution in [3.63, 3.8) is 0 Å². The second-order valence-corrected chi connectivity index (χ2v) is 18.4. The van der Waals surface area contributed by atoms with E-state index in [-0.39, 0.29) is 5.41 Å². The highest BCUT2D eigenvalue weighted by Crippen LogP contribution is 2.60. The number of nitrogens with zero attached hydrogens (tertiary/aromatic N) is 1. The van der Waals surface area contributed by atoms with E-state index in [2.05, 4.69) is 249 Å². The highest BCUT2D eigenvalue weighted by molar-refractivity contribution is 6.09. The van der Waals surface area contributed by atoms with E-state index in [1.54, 1.807) is 0 Å². The Morgan fingerprint density at radius 1 is 0.348 bits per heavy atom. The first-order valence-electron chi connectivity index (χ1n) is 23.0. The molecule has 0 unspecified atom stereocenters. The van der Waals surface area contributed by atoms with E-state index in [1.165, 1.54) is 66.8 Å². The maximum absolute atomic E-state index is 6.53. The second kappa shape index (κ2) is 14.7. The van der Waals surface area contributed by atoms with Gasteiger partial charge in [-0.25, -0.2) is 0 Å². The summed E-state index contributed by atoms with van der Waals surface area (Å²) >= 11 is 0. The molecule has 2 aliphatic rings. The fraction of sp³-hybridized carbons (Fsp3) is 0.0625. The van der Waals surface area contributed by atoms with Crippen LogP contribution in [0.25, 0.3) is 66.4 Å². The first-order valence-corrected chi connectivity index (χ1v) is 23.0. The highest BCUT2D eigenvalue weighted by atomic mass is 16.3. The molecule has 0 atom stereocenters. The third-order valence-electron chi connectivity index (χ3n) is 14.6. The van der Waals surface area contributed by atoms with Crippen LogP contribution in [0.15, 0.2) is 241 Å². The predicted octanol–water partition coefficient (Wildman–Crippen LogP) is 17.1. The smallest absolute Gasteiger partial charge is 0.143 e. The molecule has 11 aromatic rings. The molecule has 0 bridgehead atoms. The summed E-state index contributed by atoms with van der Waals surface area (Å²) in [5, 5.41) is 2.26. The SMILES string of the molecule is CC1(C)c2ccccc2-c2ccc(N(c3ccc(-c4cccc5c4oc4ccccc45)cc3)c3ccc4c(c3)C(c3ccccc3)(c3ccccc3)c3cccc(-c5ccccc5)c3-4)cc21. The molecule has 0 saturated heterocycles. The molecular weight excluding hydrogens is 799 g/mol. The van der Waals surface area contributed by atoms with Gasteiger partial charge >= 0.3 is 0 Å². The molecule has 1 heterocycles. The van der Waals surface area contributed by atoms with Gasteiger partial charge in [0.1, 0.15) is 11.2 Å². The number of benzene rings is 10. The molecule has 10 aromatic carbocycles. The third-order valence-corrected chi connectivity index (χ3v) is 14.6. The molecular formula is C64H45NO. The fourth-order valence-corrected chi connectivity index (χ4v) is 11.6. The van der Waals surface area contributed by atoms with Crippen LogP contribution in [0.1, 0.15) is 47.2 Å². The summed E-state index contributed by atoms with van der Waals surface area (Å²) in [6, 6.07) is 87.1. The average Bonchev–Trinajstić information content (AvgIpc) is 3.99. The van der Waals surface area contributed by atoms with Crippen molar-refractivity contribution in [1.29, 1.82) is 0 Å². The lowest BCUT2D eigenvalue weighted by molar-refractivity contribution is 0.660. The summed E-state index contributed by atoms with van der Waals surface area (Å²) in [4.78, 5) is 2.47. The molecule has 0 radical (unpaired) electrons. The van der Waals surface area contributed by atoms with Gasteiger partial charge in [0.15, 0.2) is 0 Å². The monoisotopic (exact) mass is 843 g/mol. The van der Waals surface area contributed by atoms with Gasteiger partial charge in [-0.2, -0.15) is 0 Å². The molecule has 66 heavy (non-hydrogen) atoms. The Kier molecular flexibility index (Phi) is 8.51. The van der Waals surface area contributed by atoms with Gasteiger partial charge in [-0.1, -0.05) is 208 Å². The first-order chi connectivity index (χ1) is 32.5. The van der Waals surface area contributed by atoms with Gasteiger partial charge < -0.3 is 9.32 Å². The van der Waals surface area contributed by atoms with E-state index in [0.29, 0.717) is 0 Å². The van der Waals surface area contributed by atoms with Crippen LogP contribution >= 0.6 is 0 Å². The lowest BCUT2D eigenvalue weighted by Gasteiger charge is -2.35. The van der Waals surface area contributed by atoms with E-state index < -0.39 is 5.41 Å². The summed E-state index contributed by atoms with van der Waals surface area (Å²) in [5.41, 5.74) is 21.9. The molecule has 0 fully saturated rings. The van der Waals surface area contributed by atoms with Crippen LogP contribution in [0, 0.1) is 0 Å². The highest BCUT2D eigenvalue weighted by Gasteiger charge is 2.47. The summed E-state index contributed by atoms with van der Waals surface area (Å²) in [5.74, 6) is 0. The van der Waals surface area contributed by atoms with Crippen molar-refractivity contribution in [1.82, 2.24) is 0 Å². The van der Waals surface area contributed by atoms with Crippen LogP contribution in [0.5, 0.6) is 0 Å². The average molecular weight is 844 g/mol. The molecule has 0 aliphatic heterocycles. The van der Waals surface area contributed by atoms with Crippen molar-refractivity contribution in [3.05, 3.63) is 270 Å². The zero-order chi connectivity index (χ0) is 44.0. The van der Waals surface area contributed by atoms with Crippen LogP contribution in [-0.4, -0.2) is 0 Å². The minimum absolute atomic E-state index is 0.161. The van der Waals surface area contributed by atoms with Crippen molar-refractivity contribution >= 4 is 39.0 Å². The van der Waals surface area contributed by atoms with Crippen LogP contribution in [0.2, 0.25) is 0 Å². The zero-order valence-electron chi connectivity index (χ0n) is 36.9. The molecule has 312 valence electrons. The Bertz CT molecular complexity index is 3620. The van der Waals surface area contributed by atoms with Crippen molar-refractivity contribution in [2.75, 3.05) is 4.90 Å². The maximum Gasteiger partial charge on any atom is 0.143 e. The van der Waals surface area contributed by atoms with Gasteiger partial charge in [0.05, 0.1) is 5.41 Å². The van der Waals surface area contributed by atoms with E-state index in [9.17, 15) is 0 Å².